The number of amides is 2. The largest absolute Gasteiger partial charge is 0.493 e. The van der Waals surface area contributed by atoms with Crippen molar-refractivity contribution in [3.05, 3.63) is 64.7 Å². The van der Waals surface area contributed by atoms with Crippen molar-refractivity contribution in [3.63, 3.8) is 0 Å². The Bertz CT molecular complexity index is 891. The molecular weight excluding hydrogens is 362 g/mol. The predicted molar refractivity (Wildman–Crippen MR) is 103 cm³/mol. The molecule has 0 saturated carbocycles. The van der Waals surface area contributed by atoms with Crippen molar-refractivity contribution >= 4 is 24.0 Å². The van der Waals surface area contributed by atoms with Gasteiger partial charge in [0.15, 0.2) is 0 Å². The van der Waals surface area contributed by atoms with Gasteiger partial charge in [0, 0.05) is 6.54 Å². The highest BCUT2D eigenvalue weighted by Gasteiger charge is 2.13. The molecule has 0 fully saturated rings. The fourth-order valence-corrected chi connectivity index (χ4v) is 2.26. The van der Waals surface area contributed by atoms with Crippen molar-refractivity contribution in [1.82, 2.24) is 10.7 Å². The van der Waals surface area contributed by atoms with Crippen LogP contribution in [0.2, 0.25) is 0 Å². The van der Waals surface area contributed by atoms with Gasteiger partial charge in [0.05, 0.1) is 12.8 Å². The normalized spacial score (nSPS) is 10.5. The van der Waals surface area contributed by atoms with Crippen LogP contribution in [-0.2, 0) is 16.1 Å². The van der Waals surface area contributed by atoms with E-state index >= 15 is 0 Å². The summed E-state index contributed by atoms with van der Waals surface area (Å²) in [5.74, 6) is -2.65. The van der Waals surface area contributed by atoms with E-state index in [1.165, 1.54) is 18.3 Å². The van der Waals surface area contributed by atoms with Crippen molar-refractivity contribution in [2.75, 3.05) is 6.61 Å². The Labute approximate surface area is 162 Å². The lowest BCUT2D eigenvalue weighted by Gasteiger charge is -2.07. The lowest BCUT2D eigenvalue weighted by Crippen LogP contribution is -2.37. The van der Waals surface area contributed by atoms with E-state index in [1.807, 2.05) is 31.2 Å². The summed E-state index contributed by atoms with van der Waals surface area (Å²) in [6.45, 7) is 4.26. The number of aromatic carboxylic acids is 1. The van der Waals surface area contributed by atoms with Crippen LogP contribution in [0.3, 0.4) is 0 Å². The molecule has 28 heavy (non-hydrogen) atoms. The summed E-state index contributed by atoms with van der Waals surface area (Å²) in [5, 5.41) is 15.4. The van der Waals surface area contributed by atoms with E-state index in [4.69, 9.17) is 4.74 Å². The van der Waals surface area contributed by atoms with Crippen molar-refractivity contribution in [2.45, 2.75) is 20.4 Å². The number of aryl methyl sites for hydroxylation is 1. The first-order chi connectivity index (χ1) is 13.4. The number of nitrogens with one attached hydrogen (secondary N) is 2. The van der Waals surface area contributed by atoms with E-state index in [0.717, 1.165) is 11.1 Å². The first kappa shape index (κ1) is 20.6. The van der Waals surface area contributed by atoms with Crippen molar-refractivity contribution in [1.29, 1.82) is 0 Å². The van der Waals surface area contributed by atoms with E-state index in [0.29, 0.717) is 12.2 Å². The minimum Gasteiger partial charge on any atom is -0.493 e. The number of carboxylic acids is 1. The minimum atomic E-state index is -1.14. The van der Waals surface area contributed by atoms with Crippen LogP contribution in [0.25, 0.3) is 0 Å². The molecule has 0 aliphatic rings. The van der Waals surface area contributed by atoms with Crippen LogP contribution in [0.1, 0.15) is 34.0 Å². The van der Waals surface area contributed by atoms with Gasteiger partial charge >= 0.3 is 17.8 Å². The number of carboxylic acid groups (broad SMARTS) is 1. The zero-order valence-corrected chi connectivity index (χ0v) is 15.6. The first-order valence-corrected chi connectivity index (χ1v) is 8.57. The van der Waals surface area contributed by atoms with Gasteiger partial charge in [0.1, 0.15) is 11.3 Å². The highest BCUT2D eigenvalue weighted by Crippen LogP contribution is 2.19. The summed E-state index contributed by atoms with van der Waals surface area (Å²) >= 11 is 0. The van der Waals surface area contributed by atoms with Crippen molar-refractivity contribution < 1.29 is 24.2 Å². The van der Waals surface area contributed by atoms with Crippen molar-refractivity contribution in [2.24, 2.45) is 5.10 Å². The molecule has 0 saturated heterocycles. The topological polar surface area (TPSA) is 117 Å². The Morgan fingerprint density at radius 3 is 2.46 bits per heavy atom. The Hall–Kier alpha value is -3.68. The summed E-state index contributed by atoms with van der Waals surface area (Å²) in [6, 6.07) is 12.0. The van der Waals surface area contributed by atoms with E-state index in [1.54, 1.807) is 13.0 Å². The fraction of sp³-hybridized carbons (Fsp3) is 0.200. The quantitative estimate of drug-likeness (QED) is 0.383. The van der Waals surface area contributed by atoms with Gasteiger partial charge < -0.3 is 15.2 Å². The molecule has 2 aromatic rings. The van der Waals surface area contributed by atoms with Crippen LogP contribution < -0.4 is 15.5 Å². The molecule has 0 spiro atoms. The van der Waals surface area contributed by atoms with Gasteiger partial charge in [-0.05, 0) is 43.2 Å². The number of hydrogen-bond acceptors (Lipinski definition) is 5. The Balaban J connectivity index is 1.91. The van der Waals surface area contributed by atoms with Gasteiger partial charge in [-0.1, -0.05) is 29.8 Å². The van der Waals surface area contributed by atoms with Crippen LogP contribution >= 0.6 is 0 Å². The highest BCUT2D eigenvalue weighted by molar-refractivity contribution is 6.35. The number of nitrogens with zero attached hydrogens (tertiary/aromatic N) is 1. The van der Waals surface area contributed by atoms with E-state index in [-0.39, 0.29) is 17.9 Å². The van der Waals surface area contributed by atoms with Gasteiger partial charge in [0.2, 0.25) is 0 Å². The van der Waals surface area contributed by atoms with E-state index in [9.17, 15) is 19.5 Å². The molecule has 8 heteroatoms. The van der Waals surface area contributed by atoms with Gasteiger partial charge in [-0.3, -0.25) is 9.59 Å². The van der Waals surface area contributed by atoms with Gasteiger partial charge in [-0.25, -0.2) is 10.2 Å². The Morgan fingerprint density at radius 2 is 1.82 bits per heavy atom. The molecule has 0 aliphatic carbocycles. The fourth-order valence-electron chi connectivity index (χ4n) is 2.26. The van der Waals surface area contributed by atoms with Gasteiger partial charge in [-0.15, -0.1) is 0 Å². The third-order valence-electron chi connectivity index (χ3n) is 3.69. The monoisotopic (exact) mass is 383 g/mol. The Morgan fingerprint density at radius 1 is 1.11 bits per heavy atom. The summed E-state index contributed by atoms with van der Waals surface area (Å²) in [5.41, 5.74) is 4.48. The van der Waals surface area contributed by atoms with Crippen LogP contribution in [0.4, 0.5) is 0 Å². The molecule has 2 amide bonds. The van der Waals surface area contributed by atoms with E-state index in [2.05, 4.69) is 15.8 Å². The maximum atomic E-state index is 11.8. The molecule has 3 N–H and O–H groups in total. The molecule has 8 nitrogen and oxygen atoms in total. The second kappa shape index (κ2) is 9.86. The average Bonchev–Trinajstić information content (AvgIpc) is 2.68. The lowest BCUT2D eigenvalue weighted by molar-refractivity contribution is -0.139. The van der Waals surface area contributed by atoms with Crippen LogP contribution in [0.5, 0.6) is 5.75 Å². The number of benzene rings is 2. The zero-order valence-electron chi connectivity index (χ0n) is 15.6. The number of hydrazone groups is 1. The maximum absolute atomic E-state index is 11.8. The van der Waals surface area contributed by atoms with E-state index < -0.39 is 17.8 Å². The molecule has 0 radical (unpaired) electrons. The molecule has 146 valence electrons. The maximum Gasteiger partial charge on any atom is 0.339 e. The minimum absolute atomic E-state index is 0.0204. The number of carbonyl (C=O) groups is 3. The summed E-state index contributed by atoms with van der Waals surface area (Å²) in [6.07, 6.45) is 1.24. The third kappa shape index (κ3) is 5.94. The second-order valence-corrected chi connectivity index (χ2v) is 5.86. The summed E-state index contributed by atoms with van der Waals surface area (Å²) < 4.78 is 5.25. The number of carbonyl (C=O) groups excluding carboxylic acids is 2. The number of hydrogen-bond donors (Lipinski definition) is 3. The summed E-state index contributed by atoms with van der Waals surface area (Å²) in [7, 11) is 0. The van der Waals surface area contributed by atoms with Crippen LogP contribution in [0, 0.1) is 6.92 Å². The molecular formula is C20H21N3O5. The lowest BCUT2D eigenvalue weighted by atomic mass is 10.1. The average molecular weight is 383 g/mol. The smallest absolute Gasteiger partial charge is 0.339 e. The molecule has 0 atom stereocenters. The molecule has 0 aromatic heterocycles. The molecule has 0 bridgehead atoms. The second-order valence-electron chi connectivity index (χ2n) is 5.86. The van der Waals surface area contributed by atoms with Gasteiger partial charge in [-0.2, -0.15) is 5.10 Å². The van der Waals surface area contributed by atoms with Crippen LogP contribution in [0.15, 0.2) is 47.6 Å². The number of ether oxygens (including phenoxy) is 1. The first-order valence-electron chi connectivity index (χ1n) is 8.57. The zero-order chi connectivity index (χ0) is 20.5. The molecule has 2 rings (SSSR count). The Kier molecular flexibility index (Phi) is 7.27. The summed E-state index contributed by atoms with van der Waals surface area (Å²) in [4.78, 5) is 34.8. The number of rotatable bonds is 7. The SMILES string of the molecule is CCOc1ccc(/C=N\NC(=O)C(=O)NCc2ccc(C)cc2)cc1C(=O)O. The standard InChI is InChI=1S/C20H21N3O5/c1-3-28-17-9-8-15(10-16(17)20(26)27)12-22-23-19(25)18(24)21-11-14-6-4-13(2)5-7-14/h4-10,12H,3,11H2,1-2H3,(H,21,24)(H,23,25)(H,26,27)/b22-12-. The molecule has 2 aromatic carbocycles. The molecule has 0 heterocycles. The predicted octanol–water partition coefficient (Wildman–Crippen LogP) is 1.86. The van der Waals surface area contributed by atoms with Gasteiger partial charge in [0.25, 0.3) is 0 Å². The third-order valence-corrected chi connectivity index (χ3v) is 3.69. The molecule has 0 aliphatic heterocycles. The van der Waals surface area contributed by atoms with Crippen molar-refractivity contribution in [3.8, 4) is 5.75 Å². The highest BCUT2D eigenvalue weighted by atomic mass is 16.5. The van der Waals surface area contributed by atoms with Crippen LogP contribution in [-0.4, -0.2) is 35.7 Å². The molecule has 0 unspecified atom stereocenters.